The molecule has 0 heterocycles. The van der Waals surface area contributed by atoms with Gasteiger partial charge < -0.3 is 29.6 Å². The predicted molar refractivity (Wildman–Crippen MR) is 147 cm³/mol. The van der Waals surface area contributed by atoms with Crippen LogP contribution in [-0.4, -0.2) is 74.1 Å². The Balaban J connectivity index is 1.57. The molecular formula is C28H34N2O8S. The van der Waals surface area contributed by atoms with Crippen LogP contribution in [0, 0.1) is 0 Å². The van der Waals surface area contributed by atoms with Crippen LogP contribution in [0.3, 0.4) is 0 Å². The highest BCUT2D eigenvalue weighted by Gasteiger charge is 2.31. The summed E-state index contributed by atoms with van der Waals surface area (Å²) in [5, 5.41) is 5.01. The van der Waals surface area contributed by atoms with Gasteiger partial charge in [-0.05, 0) is 43.0 Å². The largest absolute Gasteiger partial charge is 0.467 e. The summed E-state index contributed by atoms with van der Waals surface area (Å²) in [6.45, 7) is 5.18. The van der Waals surface area contributed by atoms with E-state index in [-0.39, 0.29) is 24.0 Å². The van der Waals surface area contributed by atoms with Gasteiger partial charge in [0, 0.05) is 17.4 Å². The maximum Gasteiger partial charge on any atom is 0.408 e. The van der Waals surface area contributed by atoms with Gasteiger partial charge in [0.05, 0.1) is 14.2 Å². The van der Waals surface area contributed by atoms with Crippen molar-refractivity contribution in [1.82, 2.24) is 10.6 Å². The lowest BCUT2D eigenvalue weighted by Gasteiger charge is -2.23. The van der Waals surface area contributed by atoms with Gasteiger partial charge in [0.2, 0.25) is 0 Å². The molecule has 0 aromatic heterocycles. The second kappa shape index (κ2) is 13.4. The first kappa shape index (κ1) is 29.8. The van der Waals surface area contributed by atoms with Crippen molar-refractivity contribution in [2.75, 3.05) is 32.3 Å². The Hall–Kier alpha value is -3.73. The van der Waals surface area contributed by atoms with Gasteiger partial charge in [-0.25, -0.2) is 19.2 Å². The van der Waals surface area contributed by atoms with Crippen molar-refractivity contribution in [2.24, 2.45) is 0 Å². The van der Waals surface area contributed by atoms with E-state index in [0.717, 1.165) is 34.0 Å². The van der Waals surface area contributed by atoms with E-state index in [1.54, 1.807) is 20.8 Å². The molecule has 1 unspecified atom stereocenters. The molecule has 2 N–H and O–H groups in total. The van der Waals surface area contributed by atoms with Crippen molar-refractivity contribution >= 4 is 35.9 Å². The smallest absolute Gasteiger partial charge is 0.408 e. The second-order valence-corrected chi connectivity index (χ2v) is 10.9. The zero-order valence-corrected chi connectivity index (χ0v) is 23.5. The molecule has 2 aromatic carbocycles. The molecule has 3 rings (SSSR count). The number of hydrogen-bond donors (Lipinski definition) is 2. The monoisotopic (exact) mass is 558 g/mol. The molecule has 0 saturated heterocycles. The van der Waals surface area contributed by atoms with Gasteiger partial charge in [0.25, 0.3) is 0 Å². The number of hydrogen-bond acceptors (Lipinski definition) is 9. The molecule has 1 aliphatic carbocycles. The van der Waals surface area contributed by atoms with Crippen LogP contribution in [0.15, 0.2) is 48.5 Å². The maximum absolute atomic E-state index is 12.7. The third-order valence-electron chi connectivity index (χ3n) is 5.87. The van der Waals surface area contributed by atoms with E-state index in [4.69, 9.17) is 18.9 Å². The van der Waals surface area contributed by atoms with E-state index in [9.17, 15) is 19.2 Å². The molecule has 11 heteroatoms. The summed E-state index contributed by atoms with van der Waals surface area (Å²) in [5.41, 5.74) is 3.59. The van der Waals surface area contributed by atoms with Crippen LogP contribution in [0.1, 0.15) is 37.8 Å². The SMILES string of the molecule is COC(=O)C(CSC[C@H](NC(=O)OCC1c2ccccc2-c2ccccc21)C(=O)OC)NC(=O)OC(C)(C)C. The average Bonchev–Trinajstić information content (AvgIpc) is 3.22. The van der Waals surface area contributed by atoms with Crippen molar-refractivity contribution in [3.05, 3.63) is 59.7 Å². The van der Waals surface area contributed by atoms with Crippen LogP contribution in [-0.2, 0) is 28.5 Å². The molecule has 2 atom stereocenters. The highest BCUT2D eigenvalue weighted by Crippen LogP contribution is 2.44. The quantitative estimate of drug-likeness (QED) is 0.330. The minimum atomic E-state index is -1.05. The summed E-state index contributed by atoms with van der Waals surface area (Å²) in [5.74, 6) is -1.36. The van der Waals surface area contributed by atoms with Crippen molar-refractivity contribution in [2.45, 2.75) is 44.4 Å². The number of carbonyl (C=O) groups is 4. The summed E-state index contributed by atoms with van der Waals surface area (Å²) >= 11 is 1.14. The molecule has 10 nitrogen and oxygen atoms in total. The van der Waals surface area contributed by atoms with Gasteiger partial charge in [-0.15, -0.1) is 0 Å². The highest BCUT2D eigenvalue weighted by molar-refractivity contribution is 7.99. The number of fused-ring (bicyclic) bond motifs is 3. The average molecular weight is 559 g/mol. The third kappa shape index (κ3) is 8.13. The summed E-state index contributed by atoms with van der Waals surface area (Å²) in [4.78, 5) is 49.3. The normalized spacial score (nSPS) is 13.8. The summed E-state index contributed by atoms with van der Waals surface area (Å²) in [7, 11) is 2.41. The number of amides is 2. The van der Waals surface area contributed by atoms with E-state index in [1.165, 1.54) is 14.2 Å². The molecule has 0 spiro atoms. The maximum atomic E-state index is 12.7. The molecule has 2 aromatic rings. The molecule has 210 valence electrons. The molecule has 0 saturated carbocycles. The van der Waals surface area contributed by atoms with Gasteiger partial charge in [-0.1, -0.05) is 48.5 Å². The molecular weight excluding hydrogens is 524 g/mol. The van der Waals surface area contributed by atoms with E-state index in [0.29, 0.717) is 0 Å². The minimum Gasteiger partial charge on any atom is -0.467 e. The van der Waals surface area contributed by atoms with Gasteiger partial charge in [0.15, 0.2) is 0 Å². The molecule has 0 radical (unpaired) electrons. The van der Waals surface area contributed by atoms with Crippen LogP contribution in [0.5, 0.6) is 0 Å². The number of esters is 2. The predicted octanol–water partition coefficient (Wildman–Crippen LogP) is 3.87. The topological polar surface area (TPSA) is 129 Å². The van der Waals surface area contributed by atoms with Crippen LogP contribution in [0.2, 0.25) is 0 Å². The standard InChI is InChI=1S/C28H34N2O8S/c1-28(2,3)38-27(34)30-23(25(32)36-5)16-39-15-22(24(31)35-4)29-26(33)37-14-21-19-12-8-6-10-17(19)18-11-7-9-13-20(18)21/h6-13,21-23H,14-16H2,1-5H3,(H,29,33)(H,30,34)/t22-,23?/m0/s1. The first-order chi connectivity index (χ1) is 18.5. The number of benzene rings is 2. The minimum absolute atomic E-state index is 0.0559. The van der Waals surface area contributed by atoms with Gasteiger partial charge >= 0.3 is 24.1 Å². The van der Waals surface area contributed by atoms with E-state index >= 15 is 0 Å². The Labute approximate surface area is 232 Å². The Morgan fingerprint density at radius 2 is 1.26 bits per heavy atom. The molecule has 2 amide bonds. The number of rotatable bonds is 10. The van der Waals surface area contributed by atoms with E-state index in [2.05, 4.69) is 10.6 Å². The van der Waals surface area contributed by atoms with Crippen LogP contribution < -0.4 is 10.6 Å². The summed E-state index contributed by atoms with van der Waals surface area (Å²) < 4.78 is 20.3. The van der Waals surface area contributed by atoms with E-state index in [1.807, 2.05) is 48.5 Å². The van der Waals surface area contributed by atoms with E-state index < -0.39 is 41.8 Å². The van der Waals surface area contributed by atoms with Gasteiger partial charge in [-0.3, -0.25) is 0 Å². The lowest BCUT2D eigenvalue weighted by molar-refractivity contribution is -0.143. The number of nitrogens with one attached hydrogen (secondary N) is 2. The Kier molecular flexibility index (Phi) is 10.2. The van der Waals surface area contributed by atoms with Crippen LogP contribution >= 0.6 is 11.8 Å². The number of methoxy groups -OCH3 is 2. The van der Waals surface area contributed by atoms with Crippen molar-refractivity contribution < 1.29 is 38.1 Å². The third-order valence-corrected chi connectivity index (χ3v) is 7.01. The van der Waals surface area contributed by atoms with Gasteiger partial charge in [-0.2, -0.15) is 11.8 Å². The zero-order chi connectivity index (χ0) is 28.6. The lowest BCUT2D eigenvalue weighted by atomic mass is 9.98. The number of thioether (sulfide) groups is 1. The van der Waals surface area contributed by atoms with Crippen LogP contribution in [0.25, 0.3) is 11.1 Å². The van der Waals surface area contributed by atoms with Crippen molar-refractivity contribution in [3.63, 3.8) is 0 Å². The molecule has 0 aliphatic heterocycles. The highest BCUT2D eigenvalue weighted by atomic mass is 32.2. The van der Waals surface area contributed by atoms with Crippen LogP contribution in [0.4, 0.5) is 9.59 Å². The Bertz CT molecular complexity index is 1150. The van der Waals surface area contributed by atoms with Gasteiger partial charge in [0.1, 0.15) is 24.3 Å². The second-order valence-electron chi connectivity index (χ2n) is 9.81. The fraction of sp³-hybridized carbons (Fsp3) is 0.429. The van der Waals surface area contributed by atoms with Crippen molar-refractivity contribution in [3.8, 4) is 11.1 Å². The fourth-order valence-electron chi connectivity index (χ4n) is 4.16. The Morgan fingerprint density at radius 3 is 1.72 bits per heavy atom. The Morgan fingerprint density at radius 1 is 0.795 bits per heavy atom. The molecule has 0 fully saturated rings. The molecule has 39 heavy (non-hydrogen) atoms. The first-order valence-electron chi connectivity index (χ1n) is 12.4. The number of carbonyl (C=O) groups excluding carboxylic acids is 4. The van der Waals surface area contributed by atoms with Crippen molar-refractivity contribution in [1.29, 1.82) is 0 Å². The molecule has 1 aliphatic rings. The number of alkyl carbamates (subject to hydrolysis) is 2. The zero-order valence-electron chi connectivity index (χ0n) is 22.6. The lowest BCUT2D eigenvalue weighted by Crippen LogP contribution is -2.47. The number of ether oxygens (including phenoxy) is 4. The first-order valence-corrected chi connectivity index (χ1v) is 13.5. The summed E-state index contributed by atoms with van der Waals surface area (Å²) in [6, 6.07) is 13.9. The fourth-order valence-corrected chi connectivity index (χ4v) is 5.20. The molecule has 0 bridgehead atoms. The summed E-state index contributed by atoms with van der Waals surface area (Å²) in [6.07, 6.45) is -1.55.